The predicted molar refractivity (Wildman–Crippen MR) is 49.4 cm³/mol. The highest BCUT2D eigenvalue weighted by atomic mass is 33.1. The molecule has 0 saturated heterocycles. The second-order valence-electron chi connectivity index (χ2n) is 2.80. The van der Waals surface area contributed by atoms with Crippen LogP contribution in [0, 0.1) is 0 Å². The molecular formula is C6H13NOS2. The molecule has 0 aromatic heterocycles. The number of carbonyl (C=O) groups is 1. The summed E-state index contributed by atoms with van der Waals surface area (Å²) < 4.78 is -0.410. The minimum absolute atomic E-state index is 0.0903. The van der Waals surface area contributed by atoms with Crippen molar-refractivity contribution in [3.63, 3.8) is 0 Å². The zero-order valence-electron chi connectivity index (χ0n) is 6.71. The van der Waals surface area contributed by atoms with Crippen LogP contribution in [-0.4, -0.2) is 29.6 Å². The third-order valence-electron chi connectivity index (χ3n) is 1.15. The van der Waals surface area contributed by atoms with Gasteiger partial charge in [0, 0.05) is 14.1 Å². The van der Waals surface area contributed by atoms with Crippen LogP contribution in [0.15, 0.2) is 0 Å². The van der Waals surface area contributed by atoms with E-state index in [1.54, 1.807) is 19.0 Å². The Labute approximate surface area is 71.2 Å². The highest BCUT2D eigenvalue weighted by Gasteiger charge is 2.28. The molecule has 60 valence electrons. The molecule has 0 saturated carbocycles. The van der Waals surface area contributed by atoms with Crippen molar-refractivity contribution in [2.75, 3.05) is 14.1 Å². The van der Waals surface area contributed by atoms with Crippen LogP contribution in [-0.2, 0) is 4.79 Å². The van der Waals surface area contributed by atoms with Crippen LogP contribution >= 0.6 is 22.5 Å². The molecule has 1 amide bonds. The Bertz CT molecular complexity index is 134. The van der Waals surface area contributed by atoms with Gasteiger partial charge in [0.2, 0.25) is 5.91 Å². The molecule has 0 N–H and O–H groups in total. The van der Waals surface area contributed by atoms with Crippen molar-refractivity contribution in [2.24, 2.45) is 0 Å². The Hall–Kier alpha value is 0.170. The van der Waals surface area contributed by atoms with Crippen molar-refractivity contribution in [1.82, 2.24) is 4.90 Å². The Kier molecular flexibility index (Phi) is 3.59. The summed E-state index contributed by atoms with van der Waals surface area (Å²) in [5.41, 5.74) is 0. The van der Waals surface area contributed by atoms with E-state index >= 15 is 0 Å². The molecule has 0 fully saturated rings. The van der Waals surface area contributed by atoms with Gasteiger partial charge in [-0.15, -0.1) is 11.7 Å². The van der Waals surface area contributed by atoms with Gasteiger partial charge in [-0.3, -0.25) is 4.79 Å². The van der Waals surface area contributed by atoms with Gasteiger partial charge in [0.15, 0.2) is 0 Å². The molecule has 4 heteroatoms. The molecule has 0 aliphatic heterocycles. The molecule has 2 nitrogen and oxygen atoms in total. The first-order chi connectivity index (χ1) is 4.41. The van der Waals surface area contributed by atoms with E-state index in [2.05, 4.69) is 11.7 Å². The summed E-state index contributed by atoms with van der Waals surface area (Å²) in [6.07, 6.45) is 0. The van der Waals surface area contributed by atoms with E-state index in [9.17, 15) is 4.79 Å². The van der Waals surface area contributed by atoms with Gasteiger partial charge >= 0.3 is 0 Å². The van der Waals surface area contributed by atoms with Gasteiger partial charge in [-0.05, 0) is 13.8 Å². The average molecular weight is 179 g/mol. The fourth-order valence-corrected chi connectivity index (χ4v) is 1.07. The molecule has 0 spiro atoms. The maximum absolute atomic E-state index is 11.3. The number of hydrogen-bond donors (Lipinski definition) is 1. The fraction of sp³-hybridized carbons (Fsp3) is 0.833. The molecule has 0 aliphatic rings. The van der Waals surface area contributed by atoms with Crippen molar-refractivity contribution < 1.29 is 4.79 Å². The van der Waals surface area contributed by atoms with Crippen molar-refractivity contribution in [3.8, 4) is 0 Å². The number of amides is 1. The largest absolute Gasteiger partial charge is 0.348 e. The molecule has 0 aliphatic carbocycles. The van der Waals surface area contributed by atoms with E-state index < -0.39 is 4.75 Å². The molecule has 0 heterocycles. The third-order valence-corrected chi connectivity index (χ3v) is 3.15. The molecule has 0 bridgehead atoms. The second kappa shape index (κ2) is 3.53. The molecule has 0 aromatic carbocycles. The highest BCUT2D eigenvalue weighted by molar-refractivity contribution is 8.69. The lowest BCUT2D eigenvalue weighted by molar-refractivity contribution is -0.130. The summed E-state index contributed by atoms with van der Waals surface area (Å²) in [7, 11) is 4.76. The molecule has 0 rings (SSSR count). The van der Waals surface area contributed by atoms with E-state index in [4.69, 9.17) is 0 Å². The Morgan fingerprint density at radius 1 is 1.50 bits per heavy atom. The minimum atomic E-state index is -0.410. The molecule has 10 heavy (non-hydrogen) atoms. The van der Waals surface area contributed by atoms with Crippen molar-refractivity contribution in [1.29, 1.82) is 0 Å². The normalized spacial score (nSPS) is 11.3. The van der Waals surface area contributed by atoms with Gasteiger partial charge in [-0.2, -0.15) is 0 Å². The zero-order chi connectivity index (χ0) is 8.36. The van der Waals surface area contributed by atoms with Crippen LogP contribution < -0.4 is 0 Å². The van der Waals surface area contributed by atoms with Gasteiger partial charge in [0.05, 0.1) is 4.75 Å². The first kappa shape index (κ1) is 10.2. The monoisotopic (exact) mass is 179 g/mol. The number of nitrogens with zero attached hydrogens (tertiary/aromatic N) is 1. The van der Waals surface area contributed by atoms with Gasteiger partial charge in [-0.25, -0.2) is 0 Å². The van der Waals surface area contributed by atoms with E-state index in [-0.39, 0.29) is 5.91 Å². The topological polar surface area (TPSA) is 20.3 Å². The molecule has 0 atom stereocenters. The summed E-state index contributed by atoms with van der Waals surface area (Å²) in [5.74, 6) is 0.0903. The summed E-state index contributed by atoms with van der Waals surface area (Å²) in [5, 5.41) is 0. The Morgan fingerprint density at radius 3 is 2.00 bits per heavy atom. The van der Waals surface area contributed by atoms with Gasteiger partial charge in [0.1, 0.15) is 0 Å². The summed E-state index contributed by atoms with van der Waals surface area (Å²) >= 11 is 4.00. The van der Waals surface area contributed by atoms with Gasteiger partial charge in [-0.1, -0.05) is 10.8 Å². The molecular weight excluding hydrogens is 166 g/mol. The van der Waals surface area contributed by atoms with Crippen LogP contribution in [0.1, 0.15) is 13.8 Å². The molecule has 0 aromatic rings. The van der Waals surface area contributed by atoms with Gasteiger partial charge < -0.3 is 4.90 Å². The smallest absolute Gasteiger partial charge is 0.238 e. The highest BCUT2D eigenvalue weighted by Crippen LogP contribution is 2.28. The first-order valence-electron chi connectivity index (χ1n) is 2.96. The van der Waals surface area contributed by atoms with E-state index in [1.807, 2.05) is 13.8 Å². The number of rotatable bonds is 2. The summed E-state index contributed by atoms with van der Waals surface area (Å²) in [6, 6.07) is 0. The van der Waals surface area contributed by atoms with E-state index in [0.29, 0.717) is 0 Å². The lowest BCUT2D eigenvalue weighted by atomic mass is 10.2. The number of thiol groups is 1. The standard InChI is InChI=1S/C6H13NOS2/c1-6(2,10-9)5(8)7(3)4/h9H,1-4H3. The number of hydrogen-bond acceptors (Lipinski definition) is 3. The van der Waals surface area contributed by atoms with Crippen molar-refractivity contribution in [2.45, 2.75) is 18.6 Å². The molecule has 0 radical (unpaired) electrons. The fourth-order valence-electron chi connectivity index (χ4n) is 0.578. The molecule has 0 unspecified atom stereocenters. The Balaban J connectivity index is 4.19. The zero-order valence-corrected chi connectivity index (χ0v) is 8.42. The maximum Gasteiger partial charge on any atom is 0.238 e. The lowest BCUT2D eigenvalue weighted by Crippen LogP contribution is -2.37. The van der Waals surface area contributed by atoms with E-state index in [0.717, 1.165) is 0 Å². The summed E-state index contributed by atoms with van der Waals surface area (Å²) in [4.78, 5) is 12.8. The predicted octanol–water partition coefficient (Wildman–Crippen LogP) is 1.43. The quantitative estimate of drug-likeness (QED) is 0.511. The SMILES string of the molecule is CN(C)C(=O)C(C)(C)SS. The lowest BCUT2D eigenvalue weighted by Gasteiger charge is -2.23. The average Bonchev–Trinajstić information content (AvgIpc) is 1.86. The minimum Gasteiger partial charge on any atom is -0.348 e. The van der Waals surface area contributed by atoms with Gasteiger partial charge in [0.25, 0.3) is 0 Å². The van der Waals surface area contributed by atoms with Crippen LogP contribution in [0.2, 0.25) is 0 Å². The van der Waals surface area contributed by atoms with E-state index in [1.165, 1.54) is 10.8 Å². The van der Waals surface area contributed by atoms with Crippen LogP contribution in [0.5, 0.6) is 0 Å². The Morgan fingerprint density at radius 2 is 1.90 bits per heavy atom. The van der Waals surface area contributed by atoms with Crippen LogP contribution in [0.4, 0.5) is 0 Å². The van der Waals surface area contributed by atoms with Crippen LogP contribution in [0.3, 0.4) is 0 Å². The summed E-state index contributed by atoms with van der Waals surface area (Å²) in [6.45, 7) is 3.71. The first-order valence-corrected chi connectivity index (χ1v) is 4.83. The third kappa shape index (κ3) is 2.42. The number of carbonyl (C=O) groups excluding carboxylic acids is 1. The van der Waals surface area contributed by atoms with Crippen molar-refractivity contribution in [3.05, 3.63) is 0 Å². The maximum atomic E-state index is 11.3. The van der Waals surface area contributed by atoms with Crippen molar-refractivity contribution >= 4 is 28.4 Å². The second-order valence-corrected chi connectivity index (χ2v) is 4.55. The van der Waals surface area contributed by atoms with Crippen LogP contribution in [0.25, 0.3) is 0 Å².